The Bertz CT molecular complexity index is 213. The van der Waals surface area contributed by atoms with Crippen molar-refractivity contribution < 1.29 is 4.79 Å². The van der Waals surface area contributed by atoms with E-state index in [1.54, 1.807) is 0 Å². The van der Waals surface area contributed by atoms with Gasteiger partial charge < -0.3 is 5.32 Å². The first-order valence-corrected chi connectivity index (χ1v) is 6.14. The van der Waals surface area contributed by atoms with Crippen molar-refractivity contribution in [3.05, 3.63) is 0 Å². The van der Waals surface area contributed by atoms with Crippen molar-refractivity contribution in [1.29, 1.82) is 0 Å². The molecule has 0 unspecified atom stereocenters. The molecular formula is C12H25NOS. The lowest BCUT2D eigenvalue weighted by Gasteiger charge is -2.31. The van der Waals surface area contributed by atoms with Gasteiger partial charge in [-0.05, 0) is 32.9 Å². The largest absolute Gasteiger partial charge is 0.303 e. The quantitative estimate of drug-likeness (QED) is 0.728. The smallest absolute Gasteiger partial charge is 0.155 e. The van der Waals surface area contributed by atoms with Gasteiger partial charge in [0.15, 0.2) is 5.78 Å². The average molecular weight is 231 g/mol. The zero-order valence-corrected chi connectivity index (χ0v) is 11.7. The van der Waals surface area contributed by atoms with E-state index in [1.165, 1.54) is 0 Å². The highest BCUT2D eigenvalue weighted by Crippen LogP contribution is 2.20. The summed E-state index contributed by atoms with van der Waals surface area (Å²) >= 11 is 4.21. The van der Waals surface area contributed by atoms with Crippen molar-refractivity contribution in [2.75, 3.05) is 5.75 Å². The lowest BCUT2D eigenvalue weighted by atomic mass is 9.84. The molecule has 0 rings (SSSR count). The molecule has 0 aliphatic carbocycles. The van der Waals surface area contributed by atoms with Gasteiger partial charge in [0.1, 0.15) is 0 Å². The second-order valence-corrected chi connectivity index (χ2v) is 6.52. The summed E-state index contributed by atoms with van der Waals surface area (Å²) in [6.07, 6.45) is 0.788. The second kappa shape index (κ2) is 5.35. The Labute approximate surface area is 99.6 Å². The van der Waals surface area contributed by atoms with E-state index >= 15 is 0 Å². The van der Waals surface area contributed by atoms with Crippen LogP contribution >= 0.6 is 12.6 Å². The van der Waals surface area contributed by atoms with Gasteiger partial charge in [0.25, 0.3) is 0 Å². The minimum atomic E-state index is -0.286. The summed E-state index contributed by atoms with van der Waals surface area (Å²) in [5, 5.41) is 3.37. The van der Waals surface area contributed by atoms with E-state index in [0.717, 1.165) is 12.2 Å². The van der Waals surface area contributed by atoms with Crippen LogP contribution in [0.1, 0.15) is 48.0 Å². The molecule has 1 N–H and O–H groups in total. The molecule has 0 fully saturated rings. The van der Waals surface area contributed by atoms with Gasteiger partial charge in [0, 0.05) is 11.0 Å². The van der Waals surface area contributed by atoms with Crippen molar-refractivity contribution in [3.8, 4) is 0 Å². The van der Waals surface area contributed by atoms with E-state index < -0.39 is 0 Å². The molecule has 0 saturated carbocycles. The monoisotopic (exact) mass is 231 g/mol. The van der Waals surface area contributed by atoms with Crippen LogP contribution in [0.25, 0.3) is 0 Å². The SMILES string of the molecule is CC(C)(C)N[C@@H](CCS)C(=O)C(C)(C)C. The Morgan fingerprint density at radius 2 is 1.67 bits per heavy atom. The van der Waals surface area contributed by atoms with E-state index in [-0.39, 0.29) is 22.8 Å². The number of carbonyl (C=O) groups is 1. The predicted molar refractivity (Wildman–Crippen MR) is 69.6 cm³/mol. The first-order valence-electron chi connectivity index (χ1n) is 5.51. The second-order valence-electron chi connectivity index (χ2n) is 6.07. The number of hydrogen-bond donors (Lipinski definition) is 2. The summed E-state index contributed by atoms with van der Waals surface area (Å²) in [5.41, 5.74) is -0.319. The van der Waals surface area contributed by atoms with Gasteiger partial charge >= 0.3 is 0 Å². The molecule has 0 saturated heterocycles. The summed E-state index contributed by atoms with van der Waals surface area (Å²) in [6, 6.07) is -0.0810. The number of ketones is 1. The molecule has 0 aromatic heterocycles. The third kappa shape index (κ3) is 6.21. The van der Waals surface area contributed by atoms with E-state index in [9.17, 15) is 4.79 Å². The van der Waals surface area contributed by atoms with Gasteiger partial charge in [-0.25, -0.2) is 0 Å². The molecule has 2 nitrogen and oxygen atoms in total. The molecule has 15 heavy (non-hydrogen) atoms. The Kier molecular flexibility index (Phi) is 5.34. The summed E-state index contributed by atoms with van der Waals surface area (Å²) in [7, 11) is 0. The molecule has 0 aromatic rings. The first kappa shape index (κ1) is 15.0. The lowest BCUT2D eigenvalue weighted by molar-refractivity contribution is -0.129. The molecule has 0 aliphatic heterocycles. The number of thiol groups is 1. The van der Waals surface area contributed by atoms with Gasteiger partial charge in [0.05, 0.1) is 6.04 Å². The molecule has 0 heterocycles. The van der Waals surface area contributed by atoms with E-state index in [4.69, 9.17) is 0 Å². The normalized spacial score (nSPS) is 15.1. The maximum atomic E-state index is 12.1. The number of hydrogen-bond acceptors (Lipinski definition) is 3. The molecule has 0 aromatic carbocycles. The third-order valence-electron chi connectivity index (χ3n) is 2.08. The minimum absolute atomic E-state index is 0.0332. The van der Waals surface area contributed by atoms with Crippen LogP contribution in [0.3, 0.4) is 0 Å². The molecule has 1 atom stereocenters. The van der Waals surface area contributed by atoms with Gasteiger partial charge in [-0.15, -0.1) is 0 Å². The Morgan fingerprint density at radius 1 is 1.20 bits per heavy atom. The number of Topliss-reactive ketones (excluding diaryl/α,β-unsaturated/α-hetero) is 1. The van der Waals surface area contributed by atoms with Crippen LogP contribution in [0, 0.1) is 5.41 Å². The minimum Gasteiger partial charge on any atom is -0.303 e. The van der Waals surface area contributed by atoms with Gasteiger partial charge in [-0.2, -0.15) is 12.6 Å². The molecule has 0 amide bonds. The zero-order valence-electron chi connectivity index (χ0n) is 10.8. The fraction of sp³-hybridized carbons (Fsp3) is 0.917. The molecule has 0 radical (unpaired) electrons. The summed E-state index contributed by atoms with van der Waals surface area (Å²) in [5.74, 6) is 1.00. The molecular weight excluding hydrogens is 206 g/mol. The molecule has 90 valence electrons. The molecule has 0 bridgehead atoms. The number of nitrogens with one attached hydrogen (secondary N) is 1. The van der Waals surface area contributed by atoms with E-state index in [0.29, 0.717) is 0 Å². The molecule has 3 heteroatoms. The van der Waals surface area contributed by atoms with Crippen LogP contribution in [0.4, 0.5) is 0 Å². The lowest BCUT2D eigenvalue weighted by Crippen LogP contribution is -2.51. The van der Waals surface area contributed by atoms with Crippen LogP contribution in [-0.4, -0.2) is 23.1 Å². The topological polar surface area (TPSA) is 29.1 Å². The fourth-order valence-electron chi connectivity index (χ4n) is 1.44. The summed E-state index contributed by atoms with van der Waals surface area (Å²) in [4.78, 5) is 12.1. The van der Waals surface area contributed by atoms with Gasteiger partial charge in [-0.1, -0.05) is 20.8 Å². The zero-order chi connectivity index (χ0) is 12.3. The predicted octanol–water partition coefficient (Wildman–Crippen LogP) is 2.68. The van der Waals surface area contributed by atoms with Crippen molar-refractivity contribution >= 4 is 18.4 Å². The van der Waals surface area contributed by atoms with Crippen LogP contribution in [-0.2, 0) is 4.79 Å². The number of rotatable bonds is 4. The van der Waals surface area contributed by atoms with Crippen LogP contribution in [0.5, 0.6) is 0 Å². The van der Waals surface area contributed by atoms with Crippen LogP contribution in [0.15, 0.2) is 0 Å². The highest BCUT2D eigenvalue weighted by molar-refractivity contribution is 7.80. The van der Waals surface area contributed by atoms with Crippen molar-refractivity contribution in [1.82, 2.24) is 5.32 Å². The Balaban J connectivity index is 4.60. The molecule has 0 aliphatic rings. The van der Waals surface area contributed by atoms with E-state index in [1.807, 2.05) is 20.8 Å². The summed E-state index contributed by atoms with van der Waals surface area (Å²) in [6.45, 7) is 12.1. The van der Waals surface area contributed by atoms with Crippen LogP contribution in [0.2, 0.25) is 0 Å². The third-order valence-corrected chi connectivity index (χ3v) is 2.34. The van der Waals surface area contributed by atoms with Gasteiger partial charge in [0.2, 0.25) is 0 Å². The Hall–Kier alpha value is -0.0200. The fourth-order valence-corrected chi connectivity index (χ4v) is 1.70. The first-order chi connectivity index (χ1) is 6.58. The highest BCUT2D eigenvalue weighted by atomic mass is 32.1. The maximum Gasteiger partial charge on any atom is 0.155 e. The van der Waals surface area contributed by atoms with Crippen molar-refractivity contribution in [2.45, 2.75) is 59.5 Å². The maximum absolute atomic E-state index is 12.1. The van der Waals surface area contributed by atoms with Crippen molar-refractivity contribution in [2.24, 2.45) is 5.41 Å². The molecule has 0 spiro atoms. The summed E-state index contributed by atoms with van der Waals surface area (Å²) < 4.78 is 0. The van der Waals surface area contributed by atoms with Gasteiger partial charge in [-0.3, -0.25) is 4.79 Å². The van der Waals surface area contributed by atoms with Crippen molar-refractivity contribution in [3.63, 3.8) is 0 Å². The highest BCUT2D eigenvalue weighted by Gasteiger charge is 2.31. The standard InChI is InChI=1S/C12H25NOS/c1-11(2,3)10(14)9(7-8-15)13-12(4,5)6/h9,13,15H,7-8H2,1-6H3/t9-/m0/s1. The van der Waals surface area contributed by atoms with E-state index in [2.05, 4.69) is 38.7 Å². The average Bonchev–Trinajstić information content (AvgIpc) is 1.98. The number of carbonyl (C=O) groups excluding carboxylic acids is 1. The Morgan fingerprint density at radius 3 is 1.93 bits per heavy atom. The van der Waals surface area contributed by atoms with Crippen LogP contribution < -0.4 is 5.32 Å².